The normalized spacial score (nSPS) is 35.5. The van der Waals surface area contributed by atoms with Gasteiger partial charge in [0.1, 0.15) is 0 Å². The molecule has 0 aromatic heterocycles. The van der Waals surface area contributed by atoms with Crippen molar-refractivity contribution in [3.05, 3.63) is 0 Å². The number of carbonyl (C=O) groups is 1. The van der Waals surface area contributed by atoms with Crippen LogP contribution >= 0.6 is 0 Å². The average Bonchev–Trinajstić information content (AvgIpc) is 2.86. The Morgan fingerprint density at radius 3 is 2.71 bits per heavy atom. The fourth-order valence-corrected chi connectivity index (χ4v) is 3.53. The van der Waals surface area contributed by atoms with E-state index < -0.39 is 0 Å². The first-order valence-electron chi connectivity index (χ1n) is 7.03. The number of carbonyl (C=O) groups excluding carboxylic acids is 1. The summed E-state index contributed by atoms with van der Waals surface area (Å²) in [6.45, 7) is 7.81. The first-order valence-corrected chi connectivity index (χ1v) is 7.03. The molecule has 17 heavy (non-hydrogen) atoms. The number of esters is 1. The van der Waals surface area contributed by atoms with Crippen LogP contribution in [0.25, 0.3) is 0 Å². The van der Waals surface area contributed by atoms with Gasteiger partial charge in [0.25, 0.3) is 0 Å². The minimum absolute atomic E-state index is 0.0287. The molecule has 2 aliphatic rings. The van der Waals surface area contributed by atoms with Crippen molar-refractivity contribution in [2.75, 3.05) is 13.2 Å². The highest BCUT2D eigenvalue weighted by molar-refractivity contribution is 5.74. The second-order valence-corrected chi connectivity index (χ2v) is 5.94. The largest absolute Gasteiger partial charge is 0.466 e. The molecule has 4 atom stereocenters. The van der Waals surface area contributed by atoms with Crippen molar-refractivity contribution in [2.24, 2.45) is 23.7 Å². The van der Waals surface area contributed by atoms with Crippen molar-refractivity contribution in [1.82, 2.24) is 5.32 Å². The van der Waals surface area contributed by atoms with Gasteiger partial charge in [0, 0.05) is 6.04 Å². The van der Waals surface area contributed by atoms with Crippen molar-refractivity contribution in [1.29, 1.82) is 0 Å². The molecule has 2 rings (SSSR count). The maximum absolute atomic E-state index is 12.0. The summed E-state index contributed by atoms with van der Waals surface area (Å²) in [5, 5.41) is 3.60. The smallest absolute Gasteiger partial charge is 0.310 e. The number of nitrogens with one attached hydrogen (secondary N) is 1. The number of hydrogen-bond donors (Lipinski definition) is 1. The Labute approximate surface area is 104 Å². The molecular weight excluding hydrogens is 214 g/mol. The van der Waals surface area contributed by atoms with Crippen LogP contribution in [0.15, 0.2) is 0 Å². The summed E-state index contributed by atoms with van der Waals surface area (Å²) in [5.41, 5.74) is 0. The Hall–Kier alpha value is -0.570. The lowest BCUT2D eigenvalue weighted by molar-refractivity contribution is -0.150. The van der Waals surface area contributed by atoms with E-state index in [0.29, 0.717) is 30.4 Å². The van der Waals surface area contributed by atoms with Gasteiger partial charge in [-0.1, -0.05) is 13.8 Å². The molecule has 0 spiro atoms. The zero-order valence-corrected chi connectivity index (χ0v) is 11.2. The van der Waals surface area contributed by atoms with E-state index in [1.54, 1.807) is 0 Å². The molecular formula is C14H25NO2. The van der Waals surface area contributed by atoms with E-state index in [1.807, 2.05) is 6.92 Å². The summed E-state index contributed by atoms with van der Waals surface area (Å²) in [6.07, 6.45) is 3.73. The summed E-state index contributed by atoms with van der Waals surface area (Å²) in [5.74, 6) is 2.06. The minimum Gasteiger partial charge on any atom is -0.466 e. The fourth-order valence-electron chi connectivity index (χ4n) is 3.53. The Morgan fingerprint density at radius 1 is 1.35 bits per heavy atom. The summed E-state index contributed by atoms with van der Waals surface area (Å²) in [4.78, 5) is 12.0. The third-order valence-electron chi connectivity index (χ3n) is 4.24. The highest BCUT2D eigenvalue weighted by Crippen LogP contribution is 2.48. The van der Waals surface area contributed by atoms with Crippen LogP contribution in [0.2, 0.25) is 0 Å². The van der Waals surface area contributed by atoms with Gasteiger partial charge in [-0.15, -0.1) is 0 Å². The van der Waals surface area contributed by atoms with E-state index in [2.05, 4.69) is 19.2 Å². The van der Waals surface area contributed by atoms with Crippen LogP contribution in [0.1, 0.15) is 40.0 Å². The molecule has 0 radical (unpaired) electrons. The lowest BCUT2D eigenvalue weighted by Gasteiger charge is -2.30. The molecule has 0 aromatic carbocycles. The molecule has 2 unspecified atom stereocenters. The zero-order chi connectivity index (χ0) is 12.4. The predicted molar refractivity (Wildman–Crippen MR) is 67.6 cm³/mol. The molecule has 98 valence electrons. The van der Waals surface area contributed by atoms with E-state index in [-0.39, 0.29) is 11.9 Å². The fraction of sp³-hybridized carbons (Fsp3) is 0.929. The molecule has 0 heterocycles. The SMILES string of the molecule is CCOC(=O)C1C(NCC(C)C)[C@@H]2CC[C@H]1C2. The van der Waals surface area contributed by atoms with E-state index >= 15 is 0 Å². The van der Waals surface area contributed by atoms with Crippen LogP contribution in [-0.2, 0) is 9.53 Å². The van der Waals surface area contributed by atoms with Gasteiger partial charge in [0.2, 0.25) is 0 Å². The molecule has 3 heteroatoms. The van der Waals surface area contributed by atoms with E-state index in [9.17, 15) is 4.79 Å². The van der Waals surface area contributed by atoms with Gasteiger partial charge in [-0.25, -0.2) is 0 Å². The molecule has 1 N–H and O–H groups in total. The third-order valence-corrected chi connectivity index (χ3v) is 4.24. The molecule has 0 amide bonds. The second-order valence-electron chi connectivity index (χ2n) is 5.94. The Kier molecular flexibility index (Phi) is 4.08. The lowest BCUT2D eigenvalue weighted by atomic mass is 9.84. The van der Waals surface area contributed by atoms with Crippen LogP contribution in [0.3, 0.4) is 0 Å². The summed E-state index contributed by atoms with van der Waals surface area (Å²) in [7, 11) is 0. The van der Waals surface area contributed by atoms with Crippen LogP contribution in [0.4, 0.5) is 0 Å². The predicted octanol–water partition coefficient (Wildman–Crippen LogP) is 2.21. The molecule has 0 aromatic rings. The molecule has 0 aliphatic heterocycles. The van der Waals surface area contributed by atoms with Crippen molar-refractivity contribution in [2.45, 2.75) is 46.1 Å². The first-order chi connectivity index (χ1) is 8.13. The first kappa shape index (κ1) is 12.9. The summed E-state index contributed by atoms with van der Waals surface area (Å²) in [6, 6.07) is 0.371. The molecule has 2 saturated carbocycles. The average molecular weight is 239 g/mol. The number of fused-ring (bicyclic) bond motifs is 2. The number of hydrogen-bond acceptors (Lipinski definition) is 3. The maximum Gasteiger partial charge on any atom is 0.310 e. The van der Waals surface area contributed by atoms with Gasteiger partial charge < -0.3 is 10.1 Å². The lowest BCUT2D eigenvalue weighted by Crippen LogP contribution is -2.46. The standard InChI is InChI=1S/C14H25NO2/c1-4-17-14(16)12-10-5-6-11(7-10)13(12)15-8-9(2)3/h9-13,15H,4-8H2,1-3H3/t10-,11+,12?,13?/m0/s1. The Bertz CT molecular complexity index is 277. The van der Waals surface area contributed by atoms with Gasteiger partial charge in [0.05, 0.1) is 12.5 Å². The molecule has 2 bridgehead atoms. The van der Waals surface area contributed by atoms with Gasteiger partial charge in [0.15, 0.2) is 0 Å². The topological polar surface area (TPSA) is 38.3 Å². The quantitative estimate of drug-likeness (QED) is 0.748. The highest BCUT2D eigenvalue weighted by atomic mass is 16.5. The maximum atomic E-state index is 12.0. The van der Waals surface area contributed by atoms with Crippen LogP contribution in [0, 0.1) is 23.7 Å². The summed E-state index contributed by atoms with van der Waals surface area (Å²) >= 11 is 0. The zero-order valence-electron chi connectivity index (χ0n) is 11.2. The van der Waals surface area contributed by atoms with E-state index in [1.165, 1.54) is 19.3 Å². The number of rotatable bonds is 5. The van der Waals surface area contributed by atoms with Crippen LogP contribution in [-0.4, -0.2) is 25.2 Å². The second kappa shape index (κ2) is 5.38. The molecule has 2 aliphatic carbocycles. The van der Waals surface area contributed by atoms with E-state index in [0.717, 1.165) is 6.54 Å². The number of ether oxygens (including phenoxy) is 1. The van der Waals surface area contributed by atoms with Gasteiger partial charge in [-0.2, -0.15) is 0 Å². The third kappa shape index (κ3) is 2.65. The minimum atomic E-state index is 0.0287. The molecule has 3 nitrogen and oxygen atoms in total. The van der Waals surface area contributed by atoms with Crippen molar-refractivity contribution in [3.8, 4) is 0 Å². The highest BCUT2D eigenvalue weighted by Gasteiger charge is 2.51. The summed E-state index contributed by atoms with van der Waals surface area (Å²) < 4.78 is 5.24. The van der Waals surface area contributed by atoms with Crippen LogP contribution < -0.4 is 5.32 Å². The van der Waals surface area contributed by atoms with Gasteiger partial charge in [-0.05, 0) is 50.5 Å². The molecule has 0 saturated heterocycles. The van der Waals surface area contributed by atoms with Gasteiger partial charge in [-0.3, -0.25) is 4.79 Å². The van der Waals surface area contributed by atoms with Crippen molar-refractivity contribution >= 4 is 5.97 Å². The monoisotopic (exact) mass is 239 g/mol. The van der Waals surface area contributed by atoms with E-state index in [4.69, 9.17) is 4.74 Å². The van der Waals surface area contributed by atoms with Crippen molar-refractivity contribution < 1.29 is 9.53 Å². The Morgan fingerprint density at radius 2 is 2.06 bits per heavy atom. The van der Waals surface area contributed by atoms with Crippen LogP contribution in [0.5, 0.6) is 0 Å². The van der Waals surface area contributed by atoms with Crippen molar-refractivity contribution in [3.63, 3.8) is 0 Å². The van der Waals surface area contributed by atoms with Gasteiger partial charge >= 0.3 is 5.97 Å². The Balaban J connectivity index is 1.98. The molecule has 2 fully saturated rings.